The minimum absolute atomic E-state index is 0.335. The quantitative estimate of drug-likeness (QED) is 0.813. The fourth-order valence-corrected chi connectivity index (χ4v) is 2.86. The van der Waals surface area contributed by atoms with Gasteiger partial charge in [0.25, 0.3) is 0 Å². The number of aliphatic hydroxyl groups is 1. The summed E-state index contributed by atoms with van der Waals surface area (Å²) in [6.45, 7) is 5.28. The summed E-state index contributed by atoms with van der Waals surface area (Å²) in [4.78, 5) is 2.51. The molecule has 0 aliphatic heterocycles. The molecule has 2 aliphatic rings. The molecule has 1 aromatic rings. The first-order chi connectivity index (χ1) is 9.22. The van der Waals surface area contributed by atoms with Gasteiger partial charge in [-0.25, -0.2) is 0 Å². The summed E-state index contributed by atoms with van der Waals surface area (Å²) < 4.78 is 0. The largest absolute Gasteiger partial charge is 0.387 e. The van der Waals surface area contributed by atoms with Crippen molar-refractivity contribution in [3.05, 3.63) is 35.4 Å². The zero-order valence-electron chi connectivity index (χ0n) is 11.9. The number of aliphatic hydroxyl groups excluding tert-OH is 1. The molecule has 2 aliphatic carbocycles. The highest BCUT2D eigenvalue weighted by Crippen LogP contribution is 2.34. The van der Waals surface area contributed by atoms with E-state index in [1.54, 1.807) is 0 Å². The van der Waals surface area contributed by atoms with Crippen LogP contribution < -0.4 is 0 Å². The van der Waals surface area contributed by atoms with E-state index in [1.807, 2.05) is 12.1 Å². The van der Waals surface area contributed by atoms with Crippen LogP contribution in [0.1, 0.15) is 42.9 Å². The van der Waals surface area contributed by atoms with Crippen LogP contribution in [0.2, 0.25) is 0 Å². The zero-order chi connectivity index (χ0) is 13.2. The monoisotopic (exact) mass is 259 g/mol. The zero-order valence-corrected chi connectivity index (χ0v) is 11.9. The Kier molecular flexibility index (Phi) is 3.90. The molecule has 104 valence electrons. The maximum Gasteiger partial charge on any atom is 0.0919 e. The van der Waals surface area contributed by atoms with Crippen molar-refractivity contribution in [2.45, 2.75) is 38.7 Å². The second-order valence-electron chi connectivity index (χ2n) is 6.48. The van der Waals surface area contributed by atoms with Gasteiger partial charge in [0.15, 0.2) is 0 Å². The maximum absolute atomic E-state index is 10.5. The lowest BCUT2D eigenvalue weighted by Crippen LogP contribution is -2.32. The van der Waals surface area contributed by atoms with Crippen LogP contribution in [0.5, 0.6) is 0 Å². The predicted octanol–water partition coefficient (Wildman–Crippen LogP) is 3.15. The SMILES string of the molecule is Cc1ccccc1C(O)CN(CC1CC1)CC1CC1. The van der Waals surface area contributed by atoms with E-state index in [9.17, 15) is 5.11 Å². The summed E-state index contributed by atoms with van der Waals surface area (Å²) in [5.41, 5.74) is 2.30. The topological polar surface area (TPSA) is 23.5 Å². The van der Waals surface area contributed by atoms with Crippen molar-refractivity contribution in [2.24, 2.45) is 11.8 Å². The summed E-state index contributed by atoms with van der Waals surface area (Å²) in [6.07, 6.45) is 5.23. The first-order valence-corrected chi connectivity index (χ1v) is 7.68. The van der Waals surface area contributed by atoms with Gasteiger partial charge in [-0.05, 0) is 55.6 Å². The number of hydrogen-bond donors (Lipinski definition) is 1. The molecular formula is C17H25NO. The highest BCUT2D eigenvalue weighted by molar-refractivity contribution is 5.27. The Balaban J connectivity index is 1.60. The highest BCUT2D eigenvalue weighted by Gasteiger charge is 2.30. The first-order valence-electron chi connectivity index (χ1n) is 7.68. The molecule has 1 atom stereocenters. The van der Waals surface area contributed by atoms with E-state index in [4.69, 9.17) is 0 Å². The van der Waals surface area contributed by atoms with Crippen LogP contribution in [0.3, 0.4) is 0 Å². The van der Waals surface area contributed by atoms with Crippen molar-refractivity contribution in [1.82, 2.24) is 4.90 Å². The van der Waals surface area contributed by atoms with Crippen molar-refractivity contribution < 1.29 is 5.11 Å². The molecule has 19 heavy (non-hydrogen) atoms. The molecule has 2 nitrogen and oxygen atoms in total. The van der Waals surface area contributed by atoms with Gasteiger partial charge in [-0.1, -0.05) is 24.3 Å². The second kappa shape index (κ2) is 5.64. The fourth-order valence-electron chi connectivity index (χ4n) is 2.86. The van der Waals surface area contributed by atoms with Gasteiger partial charge in [-0.3, -0.25) is 4.90 Å². The summed E-state index contributed by atoms with van der Waals surface area (Å²) in [5, 5.41) is 10.5. The number of aryl methyl sites for hydroxylation is 1. The lowest BCUT2D eigenvalue weighted by molar-refractivity contribution is 0.107. The third kappa shape index (κ3) is 3.80. The number of nitrogens with zero attached hydrogens (tertiary/aromatic N) is 1. The standard InChI is InChI=1S/C17H25NO/c1-13-4-2-3-5-16(13)17(19)12-18(10-14-6-7-14)11-15-8-9-15/h2-5,14-15,17,19H,6-12H2,1H3. The van der Waals surface area contributed by atoms with Gasteiger partial charge in [-0.15, -0.1) is 0 Å². The van der Waals surface area contributed by atoms with Crippen LogP contribution in [0.25, 0.3) is 0 Å². The summed E-state index contributed by atoms with van der Waals surface area (Å²) in [7, 11) is 0. The van der Waals surface area contributed by atoms with Gasteiger partial charge in [0.2, 0.25) is 0 Å². The third-order valence-electron chi connectivity index (χ3n) is 4.41. The molecule has 0 radical (unpaired) electrons. The Labute approximate surface area is 116 Å². The highest BCUT2D eigenvalue weighted by atomic mass is 16.3. The molecule has 2 fully saturated rings. The van der Waals surface area contributed by atoms with E-state index < -0.39 is 0 Å². The molecule has 2 heteroatoms. The summed E-state index contributed by atoms with van der Waals surface area (Å²) in [5.74, 6) is 1.81. The molecule has 1 aromatic carbocycles. The lowest BCUT2D eigenvalue weighted by Gasteiger charge is -2.26. The lowest BCUT2D eigenvalue weighted by atomic mass is 10.0. The fraction of sp³-hybridized carbons (Fsp3) is 0.647. The van der Waals surface area contributed by atoms with Gasteiger partial charge < -0.3 is 5.11 Å². The van der Waals surface area contributed by atoms with E-state index in [2.05, 4.69) is 24.0 Å². The molecule has 3 rings (SSSR count). The Morgan fingerprint density at radius 3 is 2.21 bits per heavy atom. The second-order valence-corrected chi connectivity index (χ2v) is 6.48. The molecule has 0 spiro atoms. The smallest absolute Gasteiger partial charge is 0.0919 e. The molecule has 1 unspecified atom stereocenters. The van der Waals surface area contributed by atoms with Crippen LogP contribution in [-0.4, -0.2) is 29.6 Å². The first kappa shape index (κ1) is 13.1. The van der Waals surface area contributed by atoms with E-state index in [0.29, 0.717) is 0 Å². The van der Waals surface area contributed by atoms with Crippen LogP contribution in [0.4, 0.5) is 0 Å². The van der Waals surface area contributed by atoms with Crippen molar-refractivity contribution in [3.63, 3.8) is 0 Å². The molecule has 2 saturated carbocycles. The summed E-state index contributed by atoms with van der Waals surface area (Å²) in [6, 6.07) is 8.21. The summed E-state index contributed by atoms with van der Waals surface area (Å²) >= 11 is 0. The van der Waals surface area contributed by atoms with E-state index in [-0.39, 0.29) is 6.10 Å². The molecule has 1 N–H and O–H groups in total. The van der Waals surface area contributed by atoms with Gasteiger partial charge >= 0.3 is 0 Å². The van der Waals surface area contributed by atoms with Crippen molar-refractivity contribution in [1.29, 1.82) is 0 Å². The Morgan fingerprint density at radius 1 is 1.11 bits per heavy atom. The van der Waals surface area contributed by atoms with Crippen molar-refractivity contribution in [3.8, 4) is 0 Å². The molecular weight excluding hydrogens is 234 g/mol. The average Bonchev–Trinajstić information content (AvgIpc) is 3.25. The molecule has 0 saturated heterocycles. The number of hydrogen-bond acceptors (Lipinski definition) is 2. The Hall–Kier alpha value is -0.860. The van der Waals surface area contributed by atoms with E-state index in [1.165, 1.54) is 44.3 Å². The van der Waals surface area contributed by atoms with Gasteiger partial charge in [0, 0.05) is 19.6 Å². The number of benzene rings is 1. The van der Waals surface area contributed by atoms with Gasteiger partial charge in [-0.2, -0.15) is 0 Å². The minimum atomic E-state index is -0.335. The Bertz CT molecular complexity index is 409. The molecule has 0 bridgehead atoms. The predicted molar refractivity (Wildman–Crippen MR) is 78.0 cm³/mol. The molecule has 0 aromatic heterocycles. The molecule has 0 amide bonds. The van der Waals surface area contributed by atoms with Crippen LogP contribution in [0, 0.1) is 18.8 Å². The average molecular weight is 259 g/mol. The van der Waals surface area contributed by atoms with E-state index >= 15 is 0 Å². The number of rotatable bonds is 7. The normalized spacial score (nSPS) is 20.8. The van der Waals surface area contributed by atoms with Crippen LogP contribution in [0.15, 0.2) is 24.3 Å². The van der Waals surface area contributed by atoms with Crippen molar-refractivity contribution >= 4 is 0 Å². The van der Waals surface area contributed by atoms with Crippen molar-refractivity contribution in [2.75, 3.05) is 19.6 Å². The Morgan fingerprint density at radius 2 is 1.68 bits per heavy atom. The van der Waals surface area contributed by atoms with Gasteiger partial charge in [0.05, 0.1) is 6.10 Å². The minimum Gasteiger partial charge on any atom is -0.387 e. The van der Waals surface area contributed by atoms with Crippen LogP contribution in [-0.2, 0) is 0 Å². The van der Waals surface area contributed by atoms with Gasteiger partial charge in [0.1, 0.15) is 0 Å². The maximum atomic E-state index is 10.5. The van der Waals surface area contributed by atoms with Crippen LogP contribution >= 0.6 is 0 Å². The third-order valence-corrected chi connectivity index (χ3v) is 4.41. The molecule has 0 heterocycles. The van der Waals surface area contributed by atoms with E-state index in [0.717, 1.165) is 23.9 Å².